The van der Waals surface area contributed by atoms with Gasteiger partial charge in [-0.05, 0) is 27.5 Å². The summed E-state index contributed by atoms with van der Waals surface area (Å²) in [4.78, 5) is 23.6. The van der Waals surface area contributed by atoms with Gasteiger partial charge in [-0.2, -0.15) is 0 Å². The number of halogens is 4. The van der Waals surface area contributed by atoms with Gasteiger partial charge in [-0.1, -0.05) is 0 Å². The Kier molecular flexibility index (Phi) is 3.87. The molecule has 0 saturated carbocycles. The van der Waals surface area contributed by atoms with Gasteiger partial charge in [0, 0.05) is 6.20 Å². The van der Waals surface area contributed by atoms with Gasteiger partial charge in [0.05, 0.1) is 10.5 Å². The van der Waals surface area contributed by atoms with Crippen LogP contribution in [-0.4, -0.2) is 15.1 Å². The molecule has 0 aliphatic rings. The van der Waals surface area contributed by atoms with E-state index >= 15 is 0 Å². The fourth-order valence-corrected chi connectivity index (χ4v) is 1.70. The van der Waals surface area contributed by atoms with Crippen molar-refractivity contribution in [3.8, 4) is 0 Å². The van der Waals surface area contributed by atoms with Gasteiger partial charge in [0.15, 0.2) is 0 Å². The molecule has 1 heterocycles. The Morgan fingerprint density at radius 2 is 2.19 bits per heavy atom. The minimum atomic E-state index is -2.94. The van der Waals surface area contributed by atoms with E-state index in [0.717, 1.165) is 0 Å². The Bertz CT molecular complexity index is 469. The molecular formula is C7H2BrClF2N2O3. The SMILES string of the molecule is O=C(Cl)c1ncc(C(F)F)c(Br)c1[N+](=O)[O-]. The zero-order chi connectivity index (χ0) is 12.5. The monoisotopic (exact) mass is 314 g/mol. The molecule has 1 aromatic heterocycles. The van der Waals surface area contributed by atoms with E-state index in [4.69, 9.17) is 11.6 Å². The molecule has 0 aromatic carbocycles. The minimum absolute atomic E-state index is 0.494. The van der Waals surface area contributed by atoms with Gasteiger partial charge in [0.1, 0.15) is 4.47 Å². The first-order chi connectivity index (χ1) is 7.36. The number of alkyl halides is 2. The van der Waals surface area contributed by atoms with Crippen LogP contribution in [0.15, 0.2) is 10.7 Å². The number of carbonyl (C=O) groups is 1. The molecule has 0 aliphatic carbocycles. The van der Waals surface area contributed by atoms with Crippen molar-refractivity contribution in [2.24, 2.45) is 0 Å². The Morgan fingerprint density at radius 1 is 1.62 bits per heavy atom. The van der Waals surface area contributed by atoms with E-state index in [1.807, 2.05) is 0 Å². The van der Waals surface area contributed by atoms with Gasteiger partial charge in [-0.25, -0.2) is 13.8 Å². The summed E-state index contributed by atoms with van der Waals surface area (Å²) in [5, 5.41) is 9.41. The Balaban J connectivity index is 3.54. The average Bonchev–Trinajstić information content (AvgIpc) is 2.15. The molecule has 0 atom stereocenters. The van der Waals surface area contributed by atoms with Crippen LogP contribution < -0.4 is 0 Å². The normalized spacial score (nSPS) is 10.6. The first-order valence-electron chi connectivity index (χ1n) is 3.67. The molecule has 0 spiro atoms. The number of pyridine rings is 1. The minimum Gasteiger partial charge on any atom is -0.274 e. The van der Waals surface area contributed by atoms with E-state index in [0.29, 0.717) is 6.20 Å². The summed E-state index contributed by atoms with van der Waals surface area (Å²) in [6.45, 7) is 0. The van der Waals surface area contributed by atoms with Crippen LogP contribution in [0.5, 0.6) is 0 Å². The van der Waals surface area contributed by atoms with Crippen LogP contribution >= 0.6 is 27.5 Å². The predicted molar refractivity (Wildman–Crippen MR) is 53.7 cm³/mol. The molecule has 16 heavy (non-hydrogen) atoms. The number of aromatic nitrogens is 1. The highest BCUT2D eigenvalue weighted by atomic mass is 79.9. The van der Waals surface area contributed by atoms with Crippen LogP contribution in [0, 0.1) is 10.1 Å². The van der Waals surface area contributed by atoms with Crippen molar-refractivity contribution in [1.82, 2.24) is 4.98 Å². The van der Waals surface area contributed by atoms with Gasteiger partial charge in [0.25, 0.3) is 11.7 Å². The van der Waals surface area contributed by atoms with E-state index in [1.165, 1.54) is 0 Å². The maximum Gasteiger partial charge on any atom is 0.314 e. The molecule has 0 amide bonds. The second-order valence-electron chi connectivity index (χ2n) is 2.56. The highest BCUT2D eigenvalue weighted by Crippen LogP contribution is 2.36. The summed E-state index contributed by atoms with van der Waals surface area (Å²) >= 11 is 7.67. The molecule has 5 nitrogen and oxygen atoms in total. The lowest BCUT2D eigenvalue weighted by atomic mass is 10.2. The standard InChI is InChI=1S/C7H2BrClF2N2O3/c8-3-2(7(10)11)1-12-4(6(9)14)5(3)13(15)16/h1,7H. The number of carbonyl (C=O) groups excluding carboxylic acids is 1. The Hall–Kier alpha value is -1.15. The van der Waals surface area contributed by atoms with Crippen molar-refractivity contribution in [1.29, 1.82) is 0 Å². The van der Waals surface area contributed by atoms with E-state index < -0.39 is 38.0 Å². The summed E-state index contributed by atoms with van der Waals surface area (Å²) in [5.74, 6) is 0. The van der Waals surface area contributed by atoms with Crippen LogP contribution in [0.4, 0.5) is 14.5 Å². The van der Waals surface area contributed by atoms with Crippen LogP contribution in [0.2, 0.25) is 0 Å². The first kappa shape index (κ1) is 12.9. The molecule has 86 valence electrons. The zero-order valence-electron chi connectivity index (χ0n) is 7.29. The van der Waals surface area contributed by atoms with E-state index in [1.54, 1.807) is 0 Å². The number of rotatable bonds is 3. The largest absolute Gasteiger partial charge is 0.314 e. The molecule has 0 unspecified atom stereocenters. The van der Waals surface area contributed by atoms with Crippen LogP contribution in [0.3, 0.4) is 0 Å². The number of nitrogens with zero attached hydrogens (tertiary/aromatic N) is 2. The maximum atomic E-state index is 12.4. The maximum absolute atomic E-state index is 12.4. The molecule has 0 aliphatic heterocycles. The van der Waals surface area contributed by atoms with Crippen molar-refractivity contribution in [2.45, 2.75) is 6.43 Å². The zero-order valence-corrected chi connectivity index (χ0v) is 9.63. The van der Waals surface area contributed by atoms with Crippen molar-refractivity contribution in [3.05, 3.63) is 32.0 Å². The van der Waals surface area contributed by atoms with Crippen molar-refractivity contribution < 1.29 is 18.5 Å². The first-order valence-corrected chi connectivity index (χ1v) is 4.84. The molecule has 1 aromatic rings. The van der Waals surface area contributed by atoms with E-state index in [9.17, 15) is 23.7 Å². The third-order valence-corrected chi connectivity index (χ3v) is 2.63. The summed E-state index contributed by atoms with van der Waals surface area (Å²) < 4.78 is 24.3. The molecule has 0 bridgehead atoms. The quantitative estimate of drug-likeness (QED) is 0.488. The third kappa shape index (κ3) is 2.33. The topological polar surface area (TPSA) is 73.1 Å². The lowest BCUT2D eigenvalue weighted by Gasteiger charge is -2.04. The molecule has 0 radical (unpaired) electrons. The lowest BCUT2D eigenvalue weighted by molar-refractivity contribution is -0.386. The van der Waals surface area contributed by atoms with Crippen LogP contribution in [0.25, 0.3) is 0 Å². The molecule has 0 N–H and O–H groups in total. The Morgan fingerprint density at radius 3 is 2.56 bits per heavy atom. The molecule has 0 saturated heterocycles. The second kappa shape index (κ2) is 4.79. The number of hydrogen-bond acceptors (Lipinski definition) is 4. The highest BCUT2D eigenvalue weighted by molar-refractivity contribution is 9.10. The second-order valence-corrected chi connectivity index (χ2v) is 3.69. The molecule has 9 heteroatoms. The molecule has 0 fully saturated rings. The summed E-state index contributed by atoms with van der Waals surface area (Å²) in [6.07, 6.45) is -2.28. The average molecular weight is 315 g/mol. The van der Waals surface area contributed by atoms with E-state index in [-0.39, 0.29) is 0 Å². The molecular weight excluding hydrogens is 313 g/mol. The summed E-state index contributed by atoms with van der Waals surface area (Å²) in [7, 11) is 0. The van der Waals surface area contributed by atoms with Crippen molar-refractivity contribution in [2.75, 3.05) is 0 Å². The lowest BCUT2D eigenvalue weighted by Crippen LogP contribution is -2.05. The van der Waals surface area contributed by atoms with Gasteiger partial charge >= 0.3 is 5.69 Å². The highest BCUT2D eigenvalue weighted by Gasteiger charge is 2.29. The number of hydrogen-bond donors (Lipinski definition) is 0. The number of nitro groups is 1. The van der Waals surface area contributed by atoms with Crippen LogP contribution in [0.1, 0.15) is 22.5 Å². The van der Waals surface area contributed by atoms with Crippen molar-refractivity contribution >= 4 is 38.5 Å². The molecule has 1 rings (SSSR count). The van der Waals surface area contributed by atoms with Gasteiger partial charge < -0.3 is 0 Å². The van der Waals surface area contributed by atoms with Gasteiger partial charge in [0.2, 0.25) is 5.69 Å². The summed E-state index contributed by atoms with van der Waals surface area (Å²) in [5.41, 5.74) is -2.21. The van der Waals surface area contributed by atoms with Gasteiger partial charge in [-0.15, -0.1) is 0 Å². The fraction of sp³-hybridized carbons (Fsp3) is 0.143. The predicted octanol–water partition coefficient (Wildman–Crippen LogP) is 3.07. The van der Waals surface area contributed by atoms with Crippen molar-refractivity contribution in [3.63, 3.8) is 0 Å². The van der Waals surface area contributed by atoms with E-state index in [2.05, 4.69) is 20.9 Å². The van der Waals surface area contributed by atoms with Gasteiger partial charge in [-0.3, -0.25) is 14.9 Å². The third-order valence-electron chi connectivity index (χ3n) is 1.62. The van der Waals surface area contributed by atoms with Crippen LogP contribution in [-0.2, 0) is 0 Å². The smallest absolute Gasteiger partial charge is 0.274 e. The Labute approximate surface area is 101 Å². The summed E-state index contributed by atoms with van der Waals surface area (Å²) in [6, 6.07) is 0. The fourth-order valence-electron chi connectivity index (χ4n) is 0.955.